The highest BCUT2D eigenvalue weighted by atomic mass is 32.2. The fraction of sp³-hybridized carbons (Fsp3) is 0.688. The summed E-state index contributed by atoms with van der Waals surface area (Å²) in [5, 5.41) is 8.14. The van der Waals surface area contributed by atoms with E-state index < -0.39 is 39.3 Å². The zero-order valence-electron chi connectivity index (χ0n) is 15.1. The van der Waals surface area contributed by atoms with Gasteiger partial charge in [0.25, 0.3) is 5.91 Å². The third-order valence-electron chi connectivity index (χ3n) is 4.98. The second kappa shape index (κ2) is 7.93. The quantitative estimate of drug-likeness (QED) is 0.626. The second-order valence-corrected chi connectivity index (χ2v) is 8.84. The number of halogens is 1. The van der Waals surface area contributed by atoms with Crippen LogP contribution in [0.3, 0.4) is 0 Å². The number of carbonyl (C=O) groups is 2. The van der Waals surface area contributed by atoms with E-state index in [1.807, 2.05) is 6.92 Å². The fourth-order valence-electron chi connectivity index (χ4n) is 3.46. The Balaban J connectivity index is 1.64. The molecule has 1 aromatic rings. The molecule has 27 heavy (non-hydrogen) atoms. The van der Waals surface area contributed by atoms with Gasteiger partial charge in [-0.3, -0.25) is 14.7 Å². The van der Waals surface area contributed by atoms with Gasteiger partial charge in [0.15, 0.2) is 5.25 Å². The number of carbonyl (C=O) groups excluding carboxylic acids is 2. The van der Waals surface area contributed by atoms with E-state index in [1.165, 1.54) is 4.90 Å². The fourth-order valence-corrected chi connectivity index (χ4v) is 4.94. The van der Waals surface area contributed by atoms with Crippen molar-refractivity contribution in [3.63, 3.8) is 0 Å². The van der Waals surface area contributed by atoms with Crippen LogP contribution in [-0.4, -0.2) is 72.4 Å². The van der Waals surface area contributed by atoms with E-state index in [0.29, 0.717) is 19.4 Å². The molecule has 0 aliphatic carbocycles. The maximum Gasteiger partial charge on any atom is 0.274 e. The molecule has 0 saturated carbocycles. The molecule has 0 radical (unpaired) electrons. The summed E-state index contributed by atoms with van der Waals surface area (Å²) in [6.45, 7) is 2.17. The van der Waals surface area contributed by atoms with E-state index in [2.05, 4.69) is 20.2 Å². The van der Waals surface area contributed by atoms with Crippen LogP contribution < -0.4 is 10.0 Å². The maximum absolute atomic E-state index is 13.9. The summed E-state index contributed by atoms with van der Waals surface area (Å²) in [7, 11) is -3.68. The molecule has 1 unspecified atom stereocenters. The summed E-state index contributed by atoms with van der Waals surface area (Å²) in [6, 6.07) is 1.08. The van der Waals surface area contributed by atoms with Crippen LogP contribution in [0.15, 0.2) is 6.07 Å². The Morgan fingerprint density at radius 2 is 2.22 bits per heavy atom. The summed E-state index contributed by atoms with van der Waals surface area (Å²) in [5.41, 5.74) is 1.01. The number of hydrogen-bond donors (Lipinski definition) is 3. The minimum absolute atomic E-state index is 0.00205. The highest BCUT2D eigenvalue weighted by Gasteiger charge is 2.39. The minimum atomic E-state index is -3.68. The molecule has 3 rings (SSSR count). The first kappa shape index (κ1) is 19.7. The molecular weight excluding hydrogens is 377 g/mol. The van der Waals surface area contributed by atoms with Crippen molar-refractivity contribution in [3.8, 4) is 0 Å². The monoisotopic (exact) mass is 401 g/mol. The first-order valence-corrected chi connectivity index (χ1v) is 10.6. The lowest BCUT2D eigenvalue weighted by Crippen LogP contribution is -2.51. The van der Waals surface area contributed by atoms with Gasteiger partial charge in [-0.1, -0.05) is 6.92 Å². The highest BCUT2D eigenvalue weighted by Crippen LogP contribution is 2.22. The van der Waals surface area contributed by atoms with E-state index in [9.17, 15) is 22.4 Å². The predicted octanol–water partition coefficient (Wildman–Crippen LogP) is -0.277. The van der Waals surface area contributed by atoms with Crippen LogP contribution in [0.25, 0.3) is 0 Å². The van der Waals surface area contributed by atoms with Crippen molar-refractivity contribution in [2.24, 2.45) is 0 Å². The molecule has 9 nitrogen and oxygen atoms in total. The Kier molecular flexibility index (Phi) is 5.80. The molecule has 2 saturated heterocycles. The van der Waals surface area contributed by atoms with Gasteiger partial charge in [-0.05, 0) is 25.3 Å². The van der Waals surface area contributed by atoms with Crippen molar-refractivity contribution in [2.75, 3.05) is 19.6 Å². The number of aromatic amines is 1. The summed E-state index contributed by atoms with van der Waals surface area (Å²) in [4.78, 5) is 26.3. The number of sulfonamides is 1. The zero-order chi connectivity index (χ0) is 19.6. The molecule has 150 valence electrons. The average molecular weight is 401 g/mol. The molecule has 1 aromatic heterocycles. The number of alkyl halides is 1. The van der Waals surface area contributed by atoms with E-state index in [0.717, 1.165) is 5.69 Å². The van der Waals surface area contributed by atoms with Gasteiger partial charge in [0.1, 0.15) is 11.9 Å². The van der Waals surface area contributed by atoms with Crippen molar-refractivity contribution in [1.29, 1.82) is 0 Å². The van der Waals surface area contributed by atoms with Gasteiger partial charge in [0, 0.05) is 25.2 Å². The molecule has 2 aliphatic rings. The molecule has 2 amide bonds. The molecule has 3 heterocycles. The largest absolute Gasteiger partial charge is 0.353 e. The van der Waals surface area contributed by atoms with Crippen LogP contribution in [0.1, 0.15) is 42.4 Å². The van der Waals surface area contributed by atoms with Gasteiger partial charge < -0.3 is 10.2 Å². The Hall–Kier alpha value is -2.01. The Bertz CT molecular complexity index is 811. The minimum Gasteiger partial charge on any atom is -0.353 e. The van der Waals surface area contributed by atoms with Crippen LogP contribution in [-0.2, 0) is 21.2 Å². The molecule has 3 N–H and O–H groups in total. The van der Waals surface area contributed by atoms with Crippen molar-refractivity contribution in [3.05, 3.63) is 17.5 Å². The smallest absolute Gasteiger partial charge is 0.274 e. The molecule has 11 heteroatoms. The van der Waals surface area contributed by atoms with E-state index >= 15 is 0 Å². The number of hydrogen-bond acceptors (Lipinski definition) is 5. The van der Waals surface area contributed by atoms with Crippen LogP contribution in [0.5, 0.6) is 0 Å². The first-order valence-electron chi connectivity index (χ1n) is 9.07. The number of nitrogens with one attached hydrogen (secondary N) is 3. The zero-order valence-corrected chi connectivity index (χ0v) is 15.9. The van der Waals surface area contributed by atoms with Crippen molar-refractivity contribution < 1.29 is 22.4 Å². The van der Waals surface area contributed by atoms with Crippen molar-refractivity contribution in [1.82, 2.24) is 25.1 Å². The van der Waals surface area contributed by atoms with Gasteiger partial charge in [0.2, 0.25) is 15.9 Å². The van der Waals surface area contributed by atoms with Crippen LogP contribution >= 0.6 is 0 Å². The predicted molar refractivity (Wildman–Crippen MR) is 95.3 cm³/mol. The third-order valence-corrected chi connectivity index (χ3v) is 6.79. The SMILES string of the molecule is CCc1cc(C(=O)N2C[C@@H](F)C[C@H]2CNC(=O)C2CCCNS2(=O)=O)n[nH]1. The van der Waals surface area contributed by atoms with Crippen molar-refractivity contribution >= 4 is 21.8 Å². The number of amides is 2. The van der Waals surface area contributed by atoms with Gasteiger partial charge >= 0.3 is 0 Å². The van der Waals surface area contributed by atoms with Crippen LogP contribution in [0.4, 0.5) is 4.39 Å². The van der Waals surface area contributed by atoms with E-state index in [1.54, 1.807) is 6.07 Å². The standard InChI is InChI=1S/C16H24FN5O4S/c1-2-11-7-13(21-20-11)16(24)22-9-10(17)6-12(22)8-18-15(23)14-4-3-5-19-27(14,25)26/h7,10,12,14,19H,2-6,8-9H2,1H3,(H,18,23)(H,20,21)/t10-,12-,14?/m0/s1. The number of aryl methyl sites for hydroxylation is 1. The topological polar surface area (TPSA) is 124 Å². The molecule has 2 fully saturated rings. The number of aromatic nitrogens is 2. The average Bonchev–Trinajstić information content (AvgIpc) is 3.25. The Morgan fingerprint density at radius 1 is 1.44 bits per heavy atom. The van der Waals surface area contributed by atoms with E-state index in [4.69, 9.17) is 0 Å². The van der Waals surface area contributed by atoms with Gasteiger partial charge in [-0.25, -0.2) is 17.5 Å². The highest BCUT2D eigenvalue weighted by molar-refractivity contribution is 7.90. The Morgan fingerprint density at radius 3 is 2.89 bits per heavy atom. The molecule has 2 aliphatic heterocycles. The maximum atomic E-state index is 13.9. The molecule has 0 bridgehead atoms. The van der Waals surface area contributed by atoms with E-state index in [-0.39, 0.29) is 31.6 Å². The third kappa shape index (κ3) is 4.29. The second-order valence-electron chi connectivity index (χ2n) is 6.89. The lowest BCUT2D eigenvalue weighted by Gasteiger charge is -2.26. The molecular formula is C16H24FN5O4S. The molecule has 0 spiro atoms. The first-order chi connectivity index (χ1) is 12.8. The summed E-state index contributed by atoms with van der Waals surface area (Å²) in [5.74, 6) is -1.03. The van der Waals surface area contributed by atoms with Crippen molar-refractivity contribution in [2.45, 2.75) is 50.1 Å². The van der Waals surface area contributed by atoms with Crippen LogP contribution in [0.2, 0.25) is 0 Å². The normalized spacial score (nSPS) is 27.5. The summed E-state index contributed by atoms with van der Waals surface area (Å²) >= 11 is 0. The lowest BCUT2D eigenvalue weighted by atomic mass is 10.2. The lowest BCUT2D eigenvalue weighted by molar-refractivity contribution is -0.121. The number of rotatable bonds is 5. The molecule has 3 atom stereocenters. The van der Waals surface area contributed by atoms with Gasteiger partial charge in [-0.2, -0.15) is 5.10 Å². The summed E-state index contributed by atoms with van der Waals surface area (Å²) in [6.07, 6.45) is 0.409. The Labute approximate surface area is 157 Å². The number of H-pyrrole nitrogens is 1. The number of likely N-dealkylation sites (tertiary alicyclic amines) is 1. The summed E-state index contributed by atoms with van der Waals surface area (Å²) < 4.78 is 40.2. The molecule has 0 aromatic carbocycles. The van der Waals surface area contributed by atoms with Crippen LogP contribution in [0, 0.1) is 0 Å². The number of nitrogens with zero attached hydrogens (tertiary/aromatic N) is 2. The van der Waals surface area contributed by atoms with Gasteiger partial charge in [-0.15, -0.1) is 0 Å². The van der Waals surface area contributed by atoms with Gasteiger partial charge in [0.05, 0.1) is 12.6 Å².